The fraction of sp³-hybridized carbons (Fsp3) is 0.400. The van der Waals surface area contributed by atoms with Crippen LogP contribution >= 0.6 is 0 Å². The Morgan fingerprint density at radius 3 is 2.83 bits per heavy atom. The summed E-state index contributed by atoms with van der Waals surface area (Å²) in [5.41, 5.74) is 0.335. The summed E-state index contributed by atoms with van der Waals surface area (Å²) in [6, 6.07) is 3.46. The average Bonchev–Trinajstić information content (AvgIpc) is 2.93. The van der Waals surface area contributed by atoms with Gasteiger partial charge in [-0.25, -0.2) is 18.8 Å². The molecule has 0 aliphatic carbocycles. The third kappa shape index (κ3) is 5.01. The van der Waals surface area contributed by atoms with Crippen molar-refractivity contribution >= 4 is 5.96 Å². The highest BCUT2D eigenvalue weighted by atomic mass is 19.1. The third-order valence-electron chi connectivity index (χ3n) is 3.22. The summed E-state index contributed by atoms with van der Waals surface area (Å²) in [6.07, 6.45) is 1.83. The number of guanidine groups is 1. The summed E-state index contributed by atoms with van der Waals surface area (Å²) < 4.78 is 28.3. The molecule has 0 spiro atoms. The minimum atomic E-state index is -0.441. The van der Waals surface area contributed by atoms with Crippen molar-refractivity contribution in [2.24, 2.45) is 12.0 Å². The molecule has 2 rings (SSSR count). The van der Waals surface area contributed by atoms with Gasteiger partial charge in [-0.1, -0.05) is 0 Å². The van der Waals surface area contributed by atoms with Crippen LogP contribution in [0.3, 0.4) is 0 Å². The Kier molecular flexibility index (Phi) is 6.02. The van der Waals surface area contributed by atoms with Gasteiger partial charge in [-0.05, 0) is 37.1 Å². The zero-order valence-electron chi connectivity index (χ0n) is 13.2. The smallest absolute Gasteiger partial charge is 0.191 e. The van der Waals surface area contributed by atoms with E-state index >= 15 is 0 Å². The Labute approximate surface area is 133 Å². The number of hydrogen-bond acceptors (Lipinski definition) is 3. The van der Waals surface area contributed by atoms with Crippen LogP contribution in [0.4, 0.5) is 8.78 Å². The SMILES string of the molecule is CCNC(=NCc1ncnn1C)NCCc1cc(F)ccc1F. The molecule has 0 atom stereocenters. The summed E-state index contributed by atoms with van der Waals surface area (Å²) in [7, 11) is 1.80. The quantitative estimate of drug-likeness (QED) is 0.623. The Hall–Kier alpha value is -2.51. The molecule has 1 aromatic carbocycles. The maximum atomic E-state index is 13.6. The molecule has 0 bridgehead atoms. The predicted octanol–water partition coefficient (Wildman–Crippen LogP) is 1.39. The maximum absolute atomic E-state index is 13.6. The van der Waals surface area contributed by atoms with Gasteiger partial charge in [0, 0.05) is 20.1 Å². The number of aliphatic imine (C=N–C) groups is 1. The van der Waals surface area contributed by atoms with E-state index in [1.165, 1.54) is 12.4 Å². The number of nitrogens with zero attached hydrogens (tertiary/aromatic N) is 4. The molecule has 0 saturated carbocycles. The van der Waals surface area contributed by atoms with Gasteiger partial charge < -0.3 is 10.6 Å². The van der Waals surface area contributed by atoms with E-state index in [2.05, 4.69) is 25.7 Å². The molecule has 8 heteroatoms. The highest BCUT2D eigenvalue weighted by molar-refractivity contribution is 5.79. The number of rotatable bonds is 6. The Morgan fingerprint density at radius 2 is 2.13 bits per heavy atom. The van der Waals surface area contributed by atoms with Crippen molar-refractivity contribution in [3.8, 4) is 0 Å². The number of benzene rings is 1. The second-order valence-corrected chi connectivity index (χ2v) is 4.91. The Bertz CT molecular complexity index is 668. The topological polar surface area (TPSA) is 67.1 Å². The van der Waals surface area contributed by atoms with E-state index in [0.29, 0.717) is 37.6 Å². The highest BCUT2D eigenvalue weighted by Gasteiger charge is 2.05. The molecule has 2 N–H and O–H groups in total. The van der Waals surface area contributed by atoms with Crippen molar-refractivity contribution in [2.75, 3.05) is 13.1 Å². The van der Waals surface area contributed by atoms with Crippen molar-refractivity contribution in [3.05, 3.63) is 47.5 Å². The zero-order valence-corrected chi connectivity index (χ0v) is 13.2. The number of aromatic nitrogens is 3. The van der Waals surface area contributed by atoms with E-state index in [-0.39, 0.29) is 0 Å². The van der Waals surface area contributed by atoms with Crippen molar-refractivity contribution in [1.82, 2.24) is 25.4 Å². The van der Waals surface area contributed by atoms with Crippen LogP contribution in [0.1, 0.15) is 18.3 Å². The maximum Gasteiger partial charge on any atom is 0.191 e. The van der Waals surface area contributed by atoms with Gasteiger partial charge in [0.05, 0.1) is 0 Å². The second-order valence-electron chi connectivity index (χ2n) is 4.91. The van der Waals surface area contributed by atoms with Crippen LogP contribution in [0.25, 0.3) is 0 Å². The number of aryl methyl sites for hydroxylation is 1. The lowest BCUT2D eigenvalue weighted by molar-refractivity contribution is 0.583. The lowest BCUT2D eigenvalue weighted by Gasteiger charge is -2.11. The largest absolute Gasteiger partial charge is 0.357 e. The van der Waals surface area contributed by atoms with Gasteiger partial charge in [-0.15, -0.1) is 0 Å². The van der Waals surface area contributed by atoms with Crippen LogP contribution in [-0.2, 0) is 20.0 Å². The predicted molar refractivity (Wildman–Crippen MR) is 83.9 cm³/mol. The van der Waals surface area contributed by atoms with Crippen LogP contribution in [0, 0.1) is 11.6 Å². The van der Waals surface area contributed by atoms with E-state index < -0.39 is 11.6 Å². The van der Waals surface area contributed by atoms with E-state index in [1.54, 1.807) is 11.7 Å². The molecule has 0 fully saturated rings. The van der Waals surface area contributed by atoms with Crippen molar-refractivity contribution < 1.29 is 8.78 Å². The van der Waals surface area contributed by atoms with E-state index in [1.807, 2.05) is 6.92 Å². The molecule has 1 aromatic heterocycles. The molecule has 0 radical (unpaired) electrons. The molecule has 2 aromatic rings. The number of halogens is 2. The first kappa shape index (κ1) is 16.9. The first-order valence-electron chi connectivity index (χ1n) is 7.39. The Balaban J connectivity index is 1.91. The summed E-state index contributed by atoms with van der Waals surface area (Å²) in [5, 5.41) is 10.2. The molecule has 0 saturated heterocycles. The molecule has 0 unspecified atom stereocenters. The van der Waals surface area contributed by atoms with Gasteiger partial charge in [0.2, 0.25) is 0 Å². The van der Waals surface area contributed by atoms with Crippen LogP contribution in [0.5, 0.6) is 0 Å². The normalized spacial score (nSPS) is 11.6. The van der Waals surface area contributed by atoms with Gasteiger partial charge in [0.1, 0.15) is 30.3 Å². The van der Waals surface area contributed by atoms with E-state index in [0.717, 1.165) is 18.0 Å². The van der Waals surface area contributed by atoms with Crippen molar-refractivity contribution in [1.29, 1.82) is 0 Å². The van der Waals surface area contributed by atoms with Crippen molar-refractivity contribution in [3.63, 3.8) is 0 Å². The standard InChI is InChI=1S/C15H20F2N6/c1-3-18-15(20-9-14-21-10-22-23(14)2)19-7-6-11-8-12(16)4-5-13(11)17/h4-5,8,10H,3,6-7,9H2,1-2H3,(H2,18,19,20). The molecule has 0 aliphatic heterocycles. The van der Waals surface area contributed by atoms with Gasteiger partial charge in [-0.3, -0.25) is 4.68 Å². The van der Waals surface area contributed by atoms with Crippen LogP contribution in [0.2, 0.25) is 0 Å². The first-order valence-corrected chi connectivity index (χ1v) is 7.39. The van der Waals surface area contributed by atoms with Gasteiger partial charge >= 0.3 is 0 Å². The summed E-state index contributed by atoms with van der Waals surface area (Å²) in [4.78, 5) is 8.49. The Morgan fingerprint density at radius 1 is 1.30 bits per heavy atom. The van der Waals surface area contributed by atoms with Gasteiger partial charge in [0.15, 0.2) is 5.96 Å². The monoisotopic (exact) mass is 322 g/mol. The van der Waals surface area contributed by atoms with E-state index in [9.17, 15) is 8.78 Å². The van der Waals surface area contributed by atoms with Crippen molar-refractivity contribution in [2.45, 2.75) is 19.9 Å². The lowest BCUT2D eigenvalue weighted by Crippen LogP contribution is -2.38. The number of nitrogens with one attached hydrogen (secondary N) is 2. The molecule has 6 nitrogen and oxygen atoms in total. The van der Waals surface area contributed by atoms with E-state index in [4.69, 9.17) is 0 Å². The van der Waals surface area contributed by atoms with Crippen LogP contribution in [-0.4, -0.2) is 33.8 Å². The van der Waals surface area contributed by atoms with Gasteiger partial charge in [-0.2, -0.15) is 5.10 Å². The third-order valence-corrected chi connectivity index (χ3v) is 3.22. The van der Waals surface area contributed by atoms with Gasteiger partial charge in [0.25, 0.3) is 0 Å². The molecule has 0 amide bonds. The summed E-state index contributed by atoms with van der Waals surface area (Å²) >= 11 is 0. The molecular formula is C15H20F2N6. The van der Waals surface area contributed by atoms with Crippen LogP contribution in [0.15, 0.2) is 29.5 Å². The zero-order chi connectivity index (χ0) is 16.7. The fourth-order valence-electron chi connectivity index (χ4n) is 2.01. The number of hydrogen-bond donors (Lipinski definition) is 2. The molecule has 0 aliphatic rings. The molecular weight excluding hydrogens is 302 g/mol. The summed E-state index contributed by atoms with van der Waals surface area (Å²) in [5.74, 6) is 0.476. The summed E-state index contributed by atoms with van der Waals surface area (Å²) in [6.45, 7) is 3.45. The molecule has 23 heavy (non-hydrogen) atoms. The lowest BCUT2D eigenvalue weighted by atomic mass is 10.1. The molecule has 124 valence electrons. The average molecular weight is 322 g/mol. The first-order chi connectivity index (χ1) is 11.1. The minimum absolute atomic E-state index is 0.335. The fourth-order valence-corrected chi connectivity index (χ4v) is 2.01. The molecule has 1 heterocycles. The minimum Gasteiger partial charge on any atom is -0.357 e. The van der Waals surface area contributed by atoms with Crippen LogP contribution < -0.4 is 10.6 Å². The highest BCUT2D eigenvalue weighted by Crippen LogP contribution is 2.09. The second kappa shape index (κ2) is 8.21.